The van der Waals surface area contributed by atoms with E-state index in [2.05, 4.69) is 4.72 Å². The van der Waals surface area contributed by atoms with Gasteiger partial charge in [-0.1, -0.05) is 42.5 Å². The van der Waals surface area contributed by atoms with Crippen LogP contribution in [0.5, 0.6) is 0 Å². The predicted molar refractivity (Wildman–Crippen MR) is 87.1 cm³/mol. The molecule has 1 rings (SSSR count). The molecule has 2 atom stereocenters. The Kier molecular flexibility index (Phi) is 6.52. The molecule has 0 bridgehead atoms. The van der Waals surface area contributed by atoms with Crippen LogP contribution in [0.2, 0.25) is 0 Å². The van der Waals surface area contributed by atoms with Gasteiger partial charge in [0.25, 0.3) is 6.43 Å². The van der Waals surface area contributed by atoms with Crippen LogP contribution in [-0.2, 0) is 11.0 Å². The van der Waals surface area contributed by atoms with E-state index >= 15 is 0 Å². The fraction of sp³-hybridized carbons (Fsp3) is 0.467. The Bertz CT molecular complexity index is 588. The van der Waals surface area contributed by atoms with Crippen LogP contribution in [-0.4, -0.2) is 32.4 Å². The first-order valence-electron chi connectivity index (χ1n) is 6.91. The average molecular weight is 346 g/mol. The van der Waals surface area contributed by atoms with Gasteiger partial charge in [0.15, 0.2) is 5.54 Å². The lowest BCUT2D eigenvalue weighted by Crippen LogP contribution is -2.57. The third-order valence-corrected chi connectivity index (χ3v) is 4.67. The molecule has 8 heteroatoms. The smallest absolute Gasteiger partial charge is 0.264 e. The van der Waals surface area contributed by atoms with Crippen molar-refractivity contribution in [2.75, 3.05) is 6.54 Å². The Hall–Kier alpha value is -1.67. The second-order valence-electron chi connectivity index (χ2n) is 6.06. The molecule has 0 aliphatic heterocycles. The second kappa shape index (κ2) is 7.74. The molecule has 128 valence electrons. The van der Waals surface area contributed by atoms with E-state index in [1.807, 2.05) is 0 Å². The van der Waals surface area contributed by atoms with Crippen LogP contribution in [0.25, 0.3) is 6.08 Å². The standard InChI is InChI=1S/C15H20F2N2O3S/c1-14(2,3)23(22)18-15(13(16)17,11-19(20)21)10-9-12-7-5-4-6-8-12/h4-10,13,18H,11H2,1-3H3/b10-9+/t15-,23+/m0/s1. The summed E-state index contributed by atoms with van der Waals surface area (Å²) < 4.78 is 40.8. The third-order valence-electron chi connectivity index (χ3n) is 2.99. The quantitative estimate of drug-likeness (QED) is 0.609. The molecular weight excluding hydrogens is 326 g/mol. The summed E-state index contributed by atoms with van der Waals surface area (Å²) in [5, 5.41) is 10.9. The van der Waals surface area contributed by atoms with Gasteiger partial charge in [0.2, 0.25) is 6.54 Å². The highest BCUT2D eigenvalue weighted by Gasteiger charge is 2.45. The van der Waals surface area contributed by atoms with E-state index in [4.69, 9.17) is 0 Å². The minimum absolute atomic E-state index is 0.615. The first-order chi connectivity index (χ1) is 10.6. The molecule has 1 aromatic carbocycles. The number of halogens is 2. The normalized spacial score (nSPS) is 16.4. The van der Waals surface area contributed by atoms with Crippen molar-refractivity contribution in [3.05, 3.63) is 52.1 Å². The zero-order valence-electron chi connectivity index (χ0n) is 13.2. The maximum atomic E-state index is 13.6. The molecule has 23 heavy (non-hydrogen) atoms. The molecule has 0 heterocycles. The van der Waals surface area contributed by atoms with Crippen LogP contribution in [0.1, 0.15) is 26.3 Å². The lowest BCUT2D eigenvalue weighted by molar-refractivity contribution is -0.490. The van der Waals surface area contributed by atoms with Crippen LogP contribution in [0.15, 0.2) is 36.4 Å². The summed E-state index contributed by atoms with van der Waals surface area (Å²) in [7, 11) is -1.89. The number of nitrogens with zero attached hydrogens (tertiary/aromatic N) is 1. The Labute approximate surface area is 136 Å². The molecule has 5 nitrogen and oxygen atoms in total. The van der Waals surface area contributed by atoms with Crippen molar-refractivity contribution in [2.24, 2.45) is 0 Å². The van der Waals surface area contributed by atoms with Crippen molar-refractivity contribution in [1.29, 1.82) is 0 Å². The van der Waals surface area contributed by atoms with Gasteiger partial charge in [-0.3, -0.25) is 10.1 Å². The molecule has 0 aliphatic carbocycles. The average Bonchev–Trinajstić information content (AvgIpc) is 2.44. The summed E-state index contributed by atoms with van der Waals surface area (Å²) in [6.07, 6.45) is -0.707. The molecule has 0 aliphatic rings. The van der Waals surface area contributed by atoms with Crippen molar-refractivity contribution in [3.8, 4) is 0 Å². The van der Waals surface area contributed by atoms with Crippen molar-refractivity contribution < 1.29 is 17.9 Å². The molecule has 0 aromatic heterocycles. The van der Waals surface area contributed by atoms with Gasteiger partial charge >= 0.3 is 0 Å². The van der Waals surface area contributed by atoms with Gasteiger partial charge in [-0.15, -0.1) is 0 Å². The van der Waals surface area contributed by atoms with Gasteiger partial charge in [-0.2, -0.15) is 0 Å². The Morgan fingerprint density at radius 3 is 2.30 bits per heavy atom. The van der Waals surface area contributed by atoms with E-state index in [0.717, 1.165) is 6.08 Å². The second-order valence-corrected chi connectivity index (χ2v) is 8.03. The zero-order valence-corrected chi connectivity index (χ0v) is 14.0. The first-order valence-corrected chi connectivity index (χ1v) is 8.06. The monoisotopic (exact) mass is 346 g/mol. The molecule has 0 spiro atoms. The fourth-order valence-electron chi connectivity index (χ4n) is 1.65. The topological polar surface area (TPSA) is 72.2 Å². The fourth-order valence-corrected chi connectivity index (χ4v) is 2.53. The van der Waals surface area contributed by atoms with Crippen LogP contribution in [0, 0.1) is 10.1 Å². The molecular formula is C15H20F2N2O3S. The molecule has 0 radical (unpaired) electrons. The predicted octanol–water partition coefficient (Wildman–Crippen LogP) is 3.03. The summed E-state index contributed by atoms with van der Waals surface area (Å²) in [5.74, 6) is 0. The van der Waals surface area contributed by atoms with E-state index in [1.54, 1.807) is 51.1 Å². The number of nitrogens with one attached hydrogen (secondary N) is 1. The zero-order chi connectivity index (χ0) is 17.7. The number of benzene rings is 1. The van der Waals surface area contributed by atoms with Gasteiger partial charge in [0.05, 0.1) is 15.7 Å². The van der Waals surface area contributed by atoms with Crippen LogP contribution < -0.4 is 4.72 Å². The molecule has 0 fully saturated rings. The van der Waals surface area contributed by atoms with E-state index in [1.165, 1.54) is 6.08 Å². The van der Waals surface area contributed by atoms with E-state index < -0.39 is 39.2 Å². The minimum Gasteiger partial charge on any atom is -0.264 e. The number of rotatable bonds is 7. The third kappa shape index (κ3) is 5.80. The molecule has 1 N–H and O–H groups in total. The number of alkyl halides is 2. The summed E-state index contributed by atoms with van der Waals surface area (Å²) in [6.45, 7) is 3.72. The number of hydrogen-bond donors (Lipinski definition) is 1. The lowest BCUT2D eigenvalue weighted by atomic mass is 10.00. The number of hydrogen-bond acceptors (Lipinski definition) is 3. The largest absolute Gasteiger partial charge is 0.267 e. The van der Waals surface area contributed by atoms with Gasteiger partial charge in [0, 0.05) is 4.92 Å². The van der Waals surface area contributed by atoms with Crippen molar-refractivity contribution in [2.45, 2.75) is 37.5 Å². The van der Waals surface area contributed by atoms with Gasteiger partial charge in [0.1, 0.15) is 0 Å². The van der Waals surface area contributed by atoms with Gasteiger partial charge in [-0.05, 0) is 26.3 Å². The van der Waals surface area contributed by atoms with Gasteiger partial charge in [-0.25, -0.2) is 17.7 Å². The van der Waals surface area contributed by atoms with Gasteiger partial charge < -0.3 is 0 Å². The molecule has 0 saturated heterocycles. The molecule has 1 aromatic rings. The van der Waals surface area contributed by atoms with Crippen LogP contribution >= 0.6 is 0 Å². The highest BCUT2D eigenvalue weighted by molar-refractivity contribution is 7.84. The SMILES string of the molecule is CC(C)(C)[S@@](=O)N[C@@](/C=C/c1ccccc1)(C[N+](=O)[O-])C(F)F. The van der Waals surface area contributed by atoms with Crippen LogP contribution in [0.3, 0.4) is 0 Å². The maximum Gasteiger partial charge on any atom is 0.267 e. The maximum absolute atomic E-state index is 13.6. The highest BCUT2D eigenvalue weighted by Crippen LogP contribution is 2.23. The van der Waals surface area contributed by atoms with E-state index in [-0.39, 0.29) is 0 Å². The summed E-state index contributed by atoms with van der Waals surface area (Å²) in [6, 6.07) is 8.57. The number of nitro groups is 1. The Balaban J connectivity index is 3.20. The summed E-state index contributed by atoms with van der Waals surface area (Å²) in [5.41, 5.74) is -1.69. The molecule has 0 saturated carbocycles. The van der Waals surface area contributed by atoms with Crippen molar-refractivity contribution >= 4 is 17.1 Å². The van der Waals surface area contributed by atoms with Crippen LogP contribution in [0.4, 0.5) is 8.78 Å². The molecule has 0 unspecified atom stereocenters. The summed E-state index contributed by atoms with van der Waals surface area (Å²) >= 11 is 0. The first kappa shape index (κ1) is 19.4. The minimum atomic E-state index is -3.10. The Morgan fingerprint density at radius 2 is 1.87 bits per heavy atom. The van der Waals surface area contributed by atoms with E-state index in [0.29, 0.717) is 5.56 Å². The van der Waals surface area contributed by atoms with Crippen molar-refractivity contribution in [1.82, 2.24) is 4.72 Å². The molecule has 0 amide bonds. The summed E-state index contributed by atoms with van der Waals surface area (Å²) in [4.78, 5) is 10.0. The lowest BCUT2D eigenvalue weighted by Gasteiger charge is -2.30. The van der Waals surface area contributed by atoms with E-state index in [9.17, 15) is 23.1 Å². The van der Waals surface area contributed by atoms with Crippen molar-refractivity contribution in [3.63, 3.8) is 0 Å². The Morgan fingerprint density at radius 1 is 1.30 bits per heavy atom. The highest BCUT2D eigenvalue weighted by atomic mass is 32.2.